The quantitative estimate of drug-likeness (QED) is 0.659. The normalized spacial score (nSPS) is 12.5. The van der Waals surface area contributed by atoms with Crippen LogP contribution in [0, 0.1) is 0 Å². The fourth-order valence-electron chi connectivity index (χ4n) is 1.52. The molecule has 0 fully saturated rings. The highest BCUT2D eigenvalue weighted by Crippen LogP contribution is 2.41. The first-order valence-electron chi connectivity index (χ1n) is 4.84. The Labute approximate surface area is 122 Å². The van der Waals surface area contributed by atoms with Crippen LogP contribution in [-0.2, 0) is 0 Å². The van der Waals surface area contributed by atoms with Gasteiger partial charge in [-0.1, -0.05) is 39.1 Å². The van der Waals surface area contributed by atoms with E-state index in [9.17, 15) is 0 Å². The monoisotopic (exact) mass is 350 g/mol. The van der Waals surface area contributed by atoms with Crippen molar-refractivity contribution in [3.05, 3.63) is 50.1 Å². The van der Waals surface area contributed by atoms with Gasteiger partial charge in [0.2, 0.25) is 0 Å². The third-order valence-electron chi connectivity index (χ3n) is 2.31. The molecule has 0 aliphatic carbocycles. The molecular weight excluding hydrogens is 343 g/mol. The third kappa shape index (κ3) is 2.97. The van der Waals surface area contributed by atoms with Crippen LogP contribution in [0.5, 0.6) is 5.75 Å². The van der Waals surface area contributed by atoms with E-state index in [1.165, 1.54) is 11.3 Å². The van der Waals surface area contributed by atoms with Crippen molar-refractivity contribution in [2.75, 3.05) is 7.11 Å². The van der Waals surface area contributed by atoms with Crippen molar-refractivity contribution in [1.29, 1.82) is 0 Å². The summed E-state index contributed by atoms with van der Waals surface area (Å²) in [5, 5.41) is 0.688. The number of alkyl halides is 1. The summed E-state index contributed by atoms with van der Waals surface area (Å²) in [6.07, 6.45) is 0. The maximum Gasteiger partial charge on any atom is 0.123 e. The number of benzene rings is 1. The molecule has 1 aromatic heterocycles. The minimum Gasteiger partial charge on any atom is -0.496 e. The molecule has 0 N–H and O–H groups in total. The molecule has 0 aliphatic heterocycles. The lowest BCUT2D eigenvalue weighted by Crippen LogP contribution is -1.95. The van der Waals surface area contributed by atoms with E-state index in [4.69, 9.17) is 27.9 Å². The molecule has 5 heteroatoms. The van der Waals surface area contributed by atoms with Gasteiger partial charge < -0.3 is 4.74 Å². The summed E-state index contributed by atoms with van der Waals surface area (Å²) in [7, 11) is 1.65. The fourth-order valence-corrected chi connectivity index (χ4v) is 3.55. The van der Waals surface area contributed by atoms with Crippen molar-refractivity contribution < 1.29 is 4.74 Å². The van der Waals surface area contributed by atoms with Crippen molar-refractivity contribution >= 4 is 50.5 Å². The second-order valence-electron chi connectivity index (χ2n) is 3.39. The van der Waals surface area contributed by atoms with E-state index >= 15 is 0 Å². The molecule has 2 aromatic rings. The van der Waals surface area contributed by atoms with Crippen LogP contribution in [-0.4, -0.2) is 7.11 Å². The van der Waals surface area contributed by atoms with Crippen LogP contribution in [0.25, 0.3) is 0 Å². The highest BCUT2D eigenvalue weighted by Gasteiger charge is 2.17. The minimum atomic E-state index is 0.0358. The molecule has 0 aliphatic rings. The molecule has 0 saturated heterocycles. The Kier molecular flexibility index (Phi) is 4.36. The lowest BCUT2D eigenvalue weighted by Gasteiger charge is -2.13. The zero-order chi connectivity index (χ0) is 12.4. The first-order chi connectivity index (χ1) is 8.11. The Hall–Kier alpha value is -0.220. The molecule has 1 atom stereocenters. The second-order valence-corrected chi connectivity index (χ2v) is 6.49. The third-order valence-corrected chi connectivity index (χ3v) is 5.13. The summed E-state index contributed by atoms with van der Waals surface area (Å²) < 4.78 is 6.10. The summed E-state index contributed by atoms with van der Waals surface area (Å²) in [6, 6.07) is 9.44. The molecule has 0 amide bonds. The van der Waals surface area contributed by atoms with E-state index in [0.29, 0.717) is 5.02 Å². The summed E-state index contributed by atoms with van der Waals surface area (Å²) in [5.41, 5.74) is 0.999. The number of halogens is 3. The van der Waals surface area contributed by atoms with E-state index in [2.05, 4.69) is 15.9 Å². The van der Waals surface area contributed by atoms with Gasteiger partial charge in [0.25, 0.3) is 0 Å². The lowest BCUT2D eigenvalue weighted by molar-refractivity contribution is 0.410. The van der Waals surface area contributed by atoms with Gasteiger partial charge in [-0.25, -0.2) is 0 Å². The number of hydrogen-bond acceptors (Lipinski definition) is 2. The van der Waals surface area contributed by atoms with Crippen molar-refractivity contribution in [1.82, 2.24) is 0 Å². The average molecular weight is 352 g/mol. The molecule has 1 unspecified atom stereocenters. The number of methoxy groups -OCH3 is 1. The first-order valence-corrected chi connectivity index (χ1v) is 7.33. The van der Waals surface area contributed by atoms with Crippen molar-refractivity contribution in [3.63, 3.8) is 0 Å². The van der Waals surface area contributed by atoms with E-state index in [0.717, 1.165) is 20.5 Å². The van der Waals surface area contributed by atoms with Crippen LogP contribution in [0.1, 0.15) is 15.3 Å². The summed E-state index contributed by atoms with van der Waals surface area (Å²) in [6.45, 7) is 0. The van der Waals surface area contributed by atoms with Gasteiger partial charge in [-0.05, 0) is 30.3 Å². The SMILES string of the molecule is COc1ccc(Cl)cc1C(Br)c1ccc(Cl)s1. The Balaban J connectivity index is 2.42. The number of rotatable bonds is 3. The highest BCUT2D eigenvalue weighted by molar-refractivity contribution is 9.09. The topological polar surface area (TPSA) is 9.23 Å². The lowest BCUT2D eigenvalue weighted by atomic mass is 10.1. The van der Waals surface area contributed by atoms with Gasteiger partial charge in [0.1, 0.15) is 5.75 Å². The summed E-state index contributed by atoms with van der Waals surface area (Å²) in [4.78, 5) is 1.16. The van der Waals surface area contributed by atoms with Gasteiger partial charge in [0.05, 0.1) is 16.3 Å². The van der Waals surface area contributed by atoms with Crippen LogP contribution in [0.4, 0.5) is 0 Å². The molecular formula is C12H9BrCl2OS. The Morgan fingerprint density at radius 2 is 2.00 bits per heavy atom. The zero-order valence-corrected chi connectivity index (χ0v) is 12.8. The van der Waals surface area contributed by atoms with Gasteiger partial charge in [-0.15, -0.1) is 11.3 Å². The van der Waals surface area contributed by atoms with Crippen molar-refractivity contribution in [3.8, 4) is 5.75 Å². The number of ether oxygens (including phenoxy) is 1. The Morgan fingerprint density at radius 3 is 2.59 bits per heavy atom. The summed E-state index contributed by atoms with van der Waals surface area (Å²) >= 11 is 17.1. The molecule has 0 saturated carbocycles. The Morgan fingerprint density at radius 1 is 1.24 bits per heavy atom. The van der Waals surface area contributed by atoms with Crippen molar-refractivity contribution in [2.24, 2.45) is 0 Å². The van der Waals surface area contributed by atoms with Gasteiger partial charge >= 0.3 is 0 Å². The van der Waals surface area contributed by atoms with E-state index in [1.807, 2.05) is 30.3 Å². The van der Waals surface area contributed by atoms with Crippen molar-refractivity contribution in [2.45, 2.75) is 4.83 Å². The van der Waals surface area contributed by atoms with Gasteiger partial charge in [0, 0.05) is 15.5 Å². The van der Waals surface area contributed by atoms with E-state index in [1.54, 1.807) is 7.11 Å². The van der Waals surface area contributed by atoms with Gasteiger partial charge in [0.15, 0.2) is 0 Å². The molecule has 1 aromatic carbocycles. The first kappa shape index (κ1) is 13.2. The van der Waals surface area contributed by atoms with Crippen LogP contribution < -0.4 is 4.74 Å². The van der Waals surface area contributed by atoms with Crippen LogP contribution in [0.2, 0.25) is 9.36 Å². The van der Waals surface area contributed by atoms with Crippen LogP contribution in [0.15, 0.2) is 30.3 Å². The number of thiophene rings is 1. The molecule has 1 nitrogen and oxygen atoms in total. The minimum absolute atomic E-state index is 0.0358. The van der Waals surface area contributed by atoms with E-state index < -0.39 is 0 Å². The molecule has 17 heavy (non-hydrogen) atoms. The largest absolute Gasteiger partial charge is 0.496 e. The molecule has 1 heterocycles. The maximum absolute atomic E-state index is 6.01. The summed E-state index contributed by atoms with van der Waals surface area (Å²) in [5.74, 6) is 0.806. The predicted octanol–water partition coefficient (Wildman–Crippen LogP) is 5.55. The zero-order valence-electron chi connectivity index (χ0n) is 8.91. The maximum atomic E-state index is 6.01. The van der Waals surface area contributed by atoms with Gasteiger partial charge in [-0.3, -0.25) is 0 Å². The molecule has 90 valence electrons. The highest BCUT2D eigenvalue weighted by atomic mass is 79.9. The Bertz CT molecular complexity index is 527. The van der Waals surface area contributed by atoms with Crippen LogP contribution in [0.3, 0.4) is 0 Å². The molecule has 2 rings (SSSR count). The molecule has 0 radical (unpaired) electrons. The standard InChI is InChI=1S/C12H9BrCl2OS/c1-16-9-3-2-7(14)6-8(9)12(13)10-4-5-11(15)17-10/h2-6,12H,1H3. The van der Waals surface area contributed by atoms with Gasteiger partial charge in [-0.2, -0.15) is 0 Å². The smallest absolute Gasteiger partial charge is 0.123 e. The number of hydrogen-bond donors (Lipinski definition) is 0. The molecule has 0 spiro atoms. The average Bonchev–Trinajstić information content (AvgIpc) is 2.75. The fraction of sp³-hybridized carbons (Fsp3) is 0.167. The molecule has 0 bridgehead atoms. The predicted molar refractivity (Wildman–Crippen MR) is 78.1 cm³/mol. The second kappa shape index (κ2) is 5.61. The van der Waals surface area contributed by atoms with Crippen LogP contribution >= 0.6 is 50.5 Å². The van der Waals surface area contributed by atoms with E-state index in [-0.39, 0.29) is 4.83 Å².